The Hall–Kier alpha value is -4.90. The van der Waals surface area contributed by atoms with Gasteiger partial charge in [-0.05, 0) is 72.9 Å². The molecule has 11 heteroatoms. The topological polar surface area (TPSA) is 105 Å². The van der Waals surface area contributed by atoms with E-state index in [0.717, 1.165) is 65.2 Å². The van der Waals surface area contributed by atoms with E-state index in [1.807, 2.05) is 61.5 Å². The zero-order valence-electron chi connectivity index (χ0n) is 28.1. The quantitative estimate of drug-likeness (QED) is 0.189. The first-order valence-corrected chi connectivity index (χ1v) is 18.5. The Balaban J connectivity index is 1.40. The van der Waals surface area contributed by atoms with Gasteiger partial charge in [-0.3, -0.25) is 13.9 Å². The molecule has 2 aliphatic rings. The van der Waals surface area contributed by atoms with Crippen LogP contribution >= 0.6 is 0 Å². The fourth-order valence-corrected chi connectivity index (χ4v) is 7.95. The lowest BCUT2D eigenvalue weighted by molar-refractivity contribution is -0.140. The number of hydrogen-bond donors (Lipinski definition) is 1. The Labute approximate surface area is 293 Å². The highest BCUT2D eigenvalue weighted by molar-refractivity contribution is 7.92. The fourth-order valence-electron chi connectivity index (χ4n) is 6.52. The molecule has 1 saturated carbocycles. The monoisotopic (exact) mass is 699 g/mol. The zero-order chi connectivity index (χ0) is 35.1. The van der Waals surface area contributed by atoms with Gasteiger partial charge in [0.05, 0.1) is 10.6 Å². The Bertz CT molecular complexity index is 1900. The fraction of sp³-hybridized carbons (Fsp3) is 0.333. The maximum absolute atomic E-state index is 14.8. The number of rotatable bonds is 12. The largest absolute Gasteiger partial charge is 0.486 e. The van der Waals surface area contributed by atoms with E-state index in [1.165, 1.54) is 35.2 Å². The number of benzene rings is 4. The third-order valence-corrected chi connectivity index (χ3v) is 11.1. The third kappa shape index (κ3) is 8.27. The maximum atomic E-state index is 14.8. The Morgan fingerprint density at radius 1 is 0.860 bits per heavy atom. The van der Waals surface area contributed by atoms with Crippen molar-refractivity contribution in [1.82, 2.24) is 10.2 Å². The molecule has 2 amide bonds. The molecule has 0 radical (unpaired) electrons. The minimum absolute atomic E-state index is 0.00349. The third-order valence-electron chi connectivity index (χ3n) is 9.32. The standard InChI is InChI=1S/C39H42FN3O6S/c1-28-10-8-9-13-30(28)26-42(35(24-29-11-4-2-5-12-29)39(45)41-32-14-6-3-7-15-32)38(44)27-43(33-18-16-31(40)17-19-33)50(46,47)34-20-21-36-37(25-34)49-23-22-48-36/h2,4-5,8-13,16-21,25,32,35H,3,6-7,14-15,22-24,26-27H2,1H3,(H,41,45). The van der Waals surface area contributed by atoms with Crippen LogP contribution in [0.5, 0.6) is 11.5 Å². The summed E-state index contributed by atoms with van der Waals surface area (Å²) in [6.07, 6.45) is 5.11. The van der Waals surface area contributed by atoms with E-state index in [1.54, 1.807) is 0 Å². The molecule has 9 nitrogen and oxygen atoms in total. The number of nitrogens with one attached hydrogen (secondary N) is 1. The second-order valence-electron chi connectivity index (χ2n) is 12.8. The van der Waals surface area contributed by atoms with Gasteiger partial charge in [-0.15, -0.1) is 0 Å². The molecule has 4 aromatic carbocycles. The second kappa shape index (κ2) is 15.8. The Morgan fingerprint density at radius 3 is 2.26 bits per heavy atom. The van der Waals surface area contributed by atoms with Gasteiger partial charge in [0, 0.05) is 25.1 Å². The van der Waals surface area contributed by atoms with Crippen molar-refractivity contribution in [2.45, 2.75) is 69.0 Å². The summed E-state index contributed by atoms with van der Waals surface area (Å²) in [6.45, 7) is 1.96. The van der Waals surface area contributed by atoms with Gasteiger partial charge in [0.25, 0.3) is 10.0 Å². The van der Waals surface area contributed by atoms with E-state index in [2.05, 4.69) is 5.32 Å². The highest BCUT2D eigenvalue weighted by Crippen LogP contribution is 2.34. The molecule has 1 atom stereocenters. The highest BCUT2D eigenvalue weighted by Gasteiger charge is 2.36. The first kappa shape index (κ1) is 34.9. The molecule has 0 spiro atoms. The molecule has 1 heterocycles. The van der Waals surface area contributed by atoms with Gasteiger partial charge in [0.15, 0.2) is 11.5 Å². The Kier molecular flexibility index (Phi) is 11.0. The van der Waals surface area contributed by atoms with Crippen LogP contribution in [0.15, 0.2) is 102 Å². The zero-order valence-corrected chi connectivity index (χ0v) is 28.9. The summed E-state index contributed by atoms with van der Waals surface area (Å²) >= 11 is 0. The summed E-state index contributed by atoms with van der Waals surface area (Å²) in [5, 5.41) is 3.22. The van der Waals surface area contributed by atoms with E-state index >= 15 is 0 Å². The molecule has 50 heavy (non-hydrogen) atoms. The van der Waals surface area contributed by atoms with Gasteiger partial charge in [-0.1, -0.05) is 73.9 Å². The van der Waals surface area contributed by atoms with Crippen LogP contribution in [0.4, 0.5) is 10.1 Å². The van der Waals surface area contributed by atoms with E-state index in [0.29, 0.717) is 12.4 Å². The number of amides is 2. The molecule has 262 valence electrons. The van der Waals surface area contributed by atoms with E-state index in [-0.39, 0.29) is 47.9 Å². The van der Waals surface area contributed by atoms with Crippen molar-refractivity contribution >= 4 is 27.5 Å². The summed E-state index contributed by atoms with van der Waals surface area (Å²) in [6, 6.07) is 25.3. The number of aryl methyl sites for hydroxylation is 1. The molecular weight excluding hydrogens is 658 g/mol. The predicted molar refractivity (Wildman–Crippen MR) is 189 cm³/mol. The van der Waals surface area contributed by atoms with Crippen LogP contribution < -0.4 is 19.1 Å². The summed E-state index contributed by atoms with van der Waals surface area (Å²) in [7, 11) is -4.41. The number of carbonyl (C=O) groups excluding carboxylic acids is 2. The number of anilines is 1. The predicted octanol–water partition coefficient (Wildman–Crippen LogP) is 6.19. The molecule has 1 unspecified atom stereocenters. The number of hydrogen-bond acceptors (Lipinski definition) is 6. The number of carbonyl (C=O) groups is 2. The van der Waals surface area contributed by atoms with Crippen LogP contribution in [-0.2, 0) is 32.6 Å². The Morgan fingerprint density at radius 2 is 1.54 bits per heavy atom. The van der Waals surface area contributed by atoms with Gasteiger partial charge in [0.2, 0.25) is 11.8 Å². The van der Waals surface area contributed by atoms with Crippen molar-refractivity contribution in [3.8, 4) is 11.5 Å². The van der Waals surface area contributed by atoms with Crippen LogP contribution in [0.25, 0.3) is 0 Å². The summed E-state index contributed by atoms with van der Waals surface area (Å²) in [5.41, 5.74) is 2.71. The van der Waals surface area contributed by atoms with E-state index < -0.39 is 34.3 Å². The van der Waals surface area contributed by atoms with Crippen molar-refractivity contribution in [1.29, 1.82) is 0 Å². The molecule has 0 aromatic heterocycles. The van der Waals surface area contributed by atoms with Crippen molar-refractivity contribution in [2.24, 2.45) is 0 Å². The summed E-state index contributed by atoms with van der Waals surface area (Å²) in [4.78, 5) is 30.4. The van der Waals surface area contributed by atoms with Crippen molar-refractivity contribution in [2.75, 3.05) is 24.1 Å². The van der Waals surface area contributed by atoms with Crippen LogP contribution in [-0.4, -0.2) is 57.0 Å². The van der Waals surface area contributed by atoms with Crippen molar-refractivity contribution < 1.29 is 31.9 Å². The summed E-state index contributed by atoms with van der Waals surface area (Å²) < 4.78 is 55.1. The minimum Gasteiger partial charge on any atom is -0.486 e. The number of halogens is 1. The lowest BCUT2D eigenvalue weighted by Crippen LogP contribution is -2.55. The van der Waals surface area contributed by atoms with Crippen molar-refractivity contribution in [3.05, 3.63) is 120 Å². The highest BCUT2D eigenvalue weighted by atomic mass is 32.2. The molecule has 1 fully saturated rings. The van der Waals surface area contributed by atoms with Gasteiger partial charge in [-0.25, -0.2) is 12.8 Å². The molecule has 0 saturated heterocycles. The lowest BCUT2D eigenvalue weighted by Gasteiger charge is -2.35. The average Bonchev–Trinajstić information content (AvgIpc) is 3.13. The minimum atomic E-state index is -4.41. The molecule has 6 rings (SSSR count). The lowest BCUT2D eigenvalue weighted by atomic mass is 9.94. The number of fused-ring (bicyclic) bond motifs is 1. The first-order valence-electron chi connectivity index (χ1n) is 17.1. The number of ether oxygens (including phenoxy) is 2. The molecule has 4 aromatic rings. The number of nitrogens with zero attached hydrogens (tertiary/aromatic N) is 2. The van der Waals surface area contributed by atoms with Crippen molar-refractivity contribution in [3.63, 3.8) is 0 Å². The SMILES string of the molecule is Cc1ccccc1CN(C(=O)CN(c1ccc(F)cc1)S(=O)(=O)c1ccc2c(c1)OCCO2)C(Cc1ccccc1)C(=O)NC1CCCCC1. The van der Waals surface area contributed by atoms with Gasteiger partial charge in [0.1, 0.15) is 31.6 Å². The second-order valence-corrected chi connectivity index (χ2v) is 14.7. The molecule has 1 aliphatic carbocycles. The average molecular weight is 700 g/mol. The van der Waals surface area contributed by atoms with E-state index in [9.17, 15) is 22.4 Å². The van der Waals surface area contributed by atoms with E-state index in [4.69, 9.17) is 9.47 Å². The first-order chi connectivity index (χ1) is 24.2. The molecule has 1 N–H and O–H groups in total. The maximum Gasteiger partial charge on any atom is 0.264 e. The van der Waals surface area contributed by atoms with Crippen LogP contribution in [0, 0.1) is 12.7 Å². The molecule has 0 bridgehead atoms. The molecular formula is C39H42FN3O6S. The smallest absolute Gasteiger partial charge is 0.264 e. The van der Waals surface area contributed by atoms with Crippen LogP contribution in [0.2, 0.25) is 0 Å². The number of sulfonamides is 1. The van der Waals surface area contributed by atoms with Crippen LogP contribution in [0.3, 0.4) is 0 Å². The summed E-state index contributed by atoms with van der Waals surface area (Å²) in [5.74, 6) is -0.743. The molecule has 1 aliphatic heterocycles. The van der Waals surface area contributed by atoms with Gasteiger partial charge < -0.3 is 19.7 Å². The van der Waals surface area contributed by atoms with Gasteiger partial charge >= 0.3 is 0 Å². The normalized spacial score (nSPS) is 15.2. The van der Waals surface area contributed by atoms with Crippen LogP contribution in [0.1, 0.15) is 48.8 Å². The van der Waals surface area contributed by atoms with Gasteiger partial charge in [-0.2, -0.15) is 0 Å².